The van der Waals surface area contributed by atoms with Crippen LogP contribution in [-0.4, -0.2) is 0 Å². The Kier molecular flexibility index (Phi) is 7.62. The van der Waals surface area contributed by atoms with Crippen molar-refractivity contribution in [3.05, 3.63) is 139 Å². The number of alkyl halides is 1. The van der Waals surface area contributed by atoms with Crippen LogP contribution in [0.2, 0.25) is 0 Å². The fraction of sp³-hybridized carbons (Fsp3) is 0.0938. The van der Waals surface area contributed by atoms with Crippen LogP contribution in [0.15, 0.2) is 133 Å². The summed E-state index contributed by atoms with van der Waals surface area (Å²) in [6.07, 6.45) is -1.33. The number of rotatable bonds is 5. The van der Waals surface area contributed by atoms with Gasteiger partial charge in [0.1, 0.15) is 0 Å². The molecule has 0 spiro atoms. The SMILES string of the molecule is CC.FC(c1ccccc1)[n+]1c(-c2ccccc2)cc(-c2ccccc2)cc1-c1ccccc1. The second-order valence-electron chi connectivity index (χ2n) is 7.73. The van der Waals surface area contributed by atoms with Crippen molar-refractivity contribution in [3.8, 4) is 33.6 Å². The summed E-state index contributed by atoms with van der Waals surface area (Å²) in [5.74, 6) is 0. The molecule has 0 saturated heterocycles. The molecule has 0 fully saturated rings. The predicted molar refractivity (Wildman–Crippen MR) is 140 cm³/mol. The summed E-state index contributed by atoms with van der Waals surface area (Å²) in [6, 6.07) is 43.9. The van der Waals surface area contributed by atoms with Crippen molar-refractivity contribution in [2.24, 2.45) is 0 Å². The zero-order chi connectivity index (χ0) is 23.8. The zero-order valence-corrected chi connectivity index (χ0v) is 19.6. The molecule has 0 aliphatic heterocycles. The molecule has 1 atom stereocenters. The van der Waals surface area contributed by atoms with Crippen LogP contribution >= 0.6 is 0 Å². The summed E-state index contributed by atoms with van der Waals surface area (Å²) in [6.45, 7) is 4.00. The smallest absolute Gasteiger partial charge is 0.170 e. The van der Waals surface area contributed by atoms with Gasteiger partial charge in [-0.2, -0.15) is 8.96 Å². The second-order valence-corrected chi connectivity index (χ2v) is 7.73. The van der Waals surface area contributed by atoms with E-state index in [-0.39, 0.29) is 0 Å². The van der Waals surface area contributed by atoms with Gasteiger partial charge in [0, 0.05) is 23.3 Å². The molecule has 5 rings (SSSR count). The van der Waals surface area contributed by atoms with Crippen LogP contribution in [0.4, 0.5) is 4.39 Å². The summed E-state index contributed by atoms with van der Waals surface area (Å²) in [5.41, 5.74) is 6.40. The Labute approximate surface area is 201 Å². The molecule has 0 radical (unpaired) electrons. The van der Waals surface area contributed by atoms with Gasteiger partial charge < -0.3 is 0 Å². The van der Waals surface area contributed by atoms with Gasteiger partial charge in [0.25, 0.3) is 0 Å². The molecule has 2 heteroatoms. The molecule has 0 saturated carbocycles. The van der Waals surface area contributed by atoms with E-state index in [1.54, 1.807) is 0 Å². The third-order valence-corrected chi connectivity index (χ3v) is 5.65. The molecule has 5 aromatic rings. The number of benzene rings is 4. The Morgan fingerprint density at radius 1 is 0.471 bits per heavy atom. The lowest BCUT2D eigenvalue weighted by molar-refractivity contribution is -0.717. The van der Waals surface area contributed by atoms with Crippen LogP contribution in [0.25, 0.3) is 33.6 Å². The first-order valence-corrected chi connectivity index (χ1v) is 11.8. The molecule has 1 aromatic heterocycles. The van der Waals surface area contributed by atoms with Crippen LogP contribution in [0.5, 0.6) is 0 Å². The van der Waals surface area contributed by atoms with E-state index in [1.807, 2.05) is 128 Å². The van der Waals surface area contributed by atoms with Crippen LogP contribution < -0.4 is 4.57 Å². The minimum atomic E-state index is -1.33. The minimum Gasteiger partial charge on any atom is -0.170 e. The first kappa shape index (κ1) is 23.1. The number of nitrogens with zero attached hydrogens (tertiary/aromatic N) is 1. The van der Waals surface area contributed by atoms with Crippen molar-refractivity contribution >= 4 is 0 Å². The standard InChI is InChI=1S/C30H23FN.C2H6/c31-30(26-19-11-4-12-20-26)32-28(24-15-7-2-8-16-24)21-27(23-13-5-1-6-14-23)22-29(32)25-17-9-3-10-18-25;1-2/h1-22,30H;1-2H3/q+1;. The molecule has 1 unspecified atom stereocenters. The summed E-state index contributed by atoms with van der Waals surface area (Å²) < 4.78 is 18.1. The molecular formula is C32H29FN+. The first-order valence-electron chi connectivity index (χ1n) is 11.8. The van der Waals surface area contributed by atoms with Crippen molar-refractivity contribution in [1.82, 2.24) is 0 Å². The maximum atomic E-state index is 16.3. The summed E-state index contributed by atoms with van der Waals surface area (Å²) in [4.78, 5) is 0. The van der Waals surface area contributed by atoms with Crippen LogP contribution in [-0.2, 0) is 0 Å². The molecule has 1 nitrogen and oxygen atoms in total. The van der Waals surface area contributed by atoms with Crippen molar-refractivity contribution in [2.75, 3.05) is 0 Å². The molecule has 0 bridgehead atoms. The van der Waals surface area contributed by atoms with Crippen LogP contribution in [0.1, 0.15) is 25.7 Å². The molecule has 4 aromatic carbocycles. The third kappa shape index (κ3) is 4.97. The molecule has 34 heavy (non-hydrogen) atoms. The highest BCUT2D eigenvalue weighted by molar-refractivity contribution is 5.73. The maximum Gasteiger partial charge on any atom is 0.326 e. The molecular weight excluding hydrogens is 417 g/mol. The number of aromatic nitrogens is 1. The van der Waals surface area contributed by atoms with E-state index >= 15 is 4.39 Å². The van der Waals surface area contributed by atoms with Crippen molar-refractivity contribution in [2.45, 2.75) is 20.1 Å². The van der Waals surface area contributed by atoms with Gasteiger partial charge in [0.15, 0.2) is 0 Å². The normalized spacial score (nSPS) is 11.3. The average Bonchev–Trinajstić information content (AvgIpc) is 2.95. The van der Waals surface area contributed by atoms with Gasteiger partial charge in [-0.3, -0.25) is 0 Å². The lowest BCUT2D eigenvalue weighted by Gasteiger charge is -2.15. The van der Waals surface area contributed by atoms with Gasteiger partial charge in [-0.1, -0.05) is 98.8 Å². The van der Waals surface area contributed by atoms with E-state index < -0.39 is 6.30 Å². The van der Waals surface area contributed by atoms with Crippen molar-refractivity contribution in [1.29, 1.82) is 0 Å². The maximum absolute atomic E-state index is 16.3. The molecule has 0 aliphatic carbocycles. The molecule has 0 aliphatic rings. The lowest BCUT2D eigenvalue weighted by atomic mass is 9.98. The number of hydrogen-bond acceptors (Lipinski definition) is 0. The van der Waals surface area contributed by atoms with E-state index in [9.17, 15) is 0 Å². The number of halogens is 1. The summed E-state index contributed by atoms with van der Waals surface area (Å²) in [5, 5.41) is 0. The fourth-order valence-corrected chi connectivity index (χ4v) is 4.07. The monoisotopic (exact) mass is 446 g/mol. The predicted octanol–water partition coefficient (Wildman–Crippen LogP) is 8.52. The average molecular weight is 447 g/mol. The number of hydrogen-bond donors (Lipinski definition) is 0. The van der Waals surface area contributed by atoms with E-state index in [1.165, 1.54) is 0 Å². The van der Waals surface area contributed by atoms with Gasteiger partial charge in [0.05, 0.1) is 5.56 Å². The lowest BCUT2D eigenvalue weighted by Crippen LogP contribution is -2.42. The summed E-state index contributed by atoms with van der Waals surface area (Å²) >= 11 is 0. The Morgan fingerprint density at radius 3 is 1.24 bits per heavy atom. The van der Waals surface area contributed by atoms with Crippen molar-refractivity contribution in [3.63, 3.8) is 0 Å². The van der Waals surface area contributed by atoms with E-state index in [4.69, 9.17) is 0 Å². The minimum absolute atomic E-state index is 0.624. The Balaban J connectivity index is 0.00000133. The molecule has 168 valence electrons. The zero-order valence-electron chi connectivity index (χ0n) is 19.6. The molecule has 0 amide bonds. The fourth-order valence-electron chi connectivity index (χ4n) is 4.07. The Bertz CT molecular complexity index is 1240. The van der Waals surface area contributed by atoms with Gasteiger partial charge >= 0.3 is 6.30 Å². The van der Waals surface area contributed by atoms with E-state index in [0.29, 0.717) is 5.56 Å². The largest absolute Gasteiger partial charge is 0.326 e. The molecule has 0 N–H and O–H groups in total. The van der Waals surface area contributed by atoms with Gasteiger partial charge in [-0.25, -0.2) is 0 Å². The van der Waals surface area contributed by atoms with Crippen molar-refractivity contribution < 1.29 is 8.96 Å². The summed E-state index contributed by atoms with van der Waals surface area (Å²) in [7, 11) is 0. The van der Waals surface area contributed by atoms with E-state index in [2.05, 4.69) is 24.3 Å². The van der Waals surface area contributed by atoms with Gasteiger partial charge in [0.2, 0.25) is 11.4 Å². The van der Waals surface area contributed by atoms with E-state index in [0.717, 1.165) is 33.6 Å². The Morgan fingerprint density at radius 2 is 0.824 bits per heavy atom. The quantitative estimate of drug-likeness (QED) is 0.238. The first-order chi connectivity index (χ1) is 16.8. The third-order valence-electron chi connectivity index (χ3n) is 5.65. The Hall–Kier alpha value is -4.04. The van der Waals surface area contributed by atoms with Crippen LogP contribution in [0.3, 0.4) is 0 Å². The second kappa shape index (κ2) is 11.2. The topological polar surface area (TPSA) is 3.88 Å². The highest BCUT2D eigenvalue weighted by Crippen LogP contribution is 2.31. The highest BCUT2D eigenvalue weighted by Gasteiger charge is 2.31. The highest BCUT2D eigenvalue weighted by atomic mass is 19.1. The van der Waals surface area contributed by atoms with Crippen LogP contribution in [0, 0.1) is 0 Å². The molecule has 1 heterocycles. The number of pyridine rings is 1. The van der Waals surface area contributed by atoms with Gasteiger partial charge in [-0.05, 0) is 47.5 Å². The van der Waals surface area contributed by atoms with Gasteiger partial charge in [-0.15, -0.1) is 0 Å².